The van der Waals surface area contributed by atoms with Crippen LogP contribution < -0.4 is 4.74 Å². The number of aliphatic imine (C=N–C) groups is 1. The Bertz CT molecular complexity index is 1450. The monoisotopic (exact) mass is 535 g/mol. The molecular weight excluding hydrogens is 510 g/mol. The molecule has 0 radical (unpaired) electrons. The van der Waals surface area contributed by atoms with Gasteiger partial charge in [0.2, 0.25) is 21.6 Å². The fraction of sp³-hybridized carbons (Fsp3) is 0.222. The molecule has 190 valence electrons. The summed E-state index contributed by atoms with van der Waals surface area (Å²) in [5.41, 5.74) is 2.41. The van der Waals surface area contributed by atoms with Gasteiger partial charge in [-0.3, -0.25) is 0 Å². The van der Waals surface area contributed by atoms with Crippen molar-refractivity contribution in [3.05, 3.63) is 95.9 Å². The predicted molar refractivity (Wildman–Crippen MR) is 142 cm³/mol. The van der Waals surface area contributed by atoms with E-state index in [1.807, 2.05) is 49.4 Å². The van der Waals surface area contributed by atoms with Crippen molar-refractivity contribution in [2.24, 2.45) is 4.99 Å². The van der Waals surface area contributed by atoms with E-state index >= 15 is 0 Å². The number of hydrogen-bond donors (Lipinski definition) is 0. The van der Waals surface area contributed by atoms with Crippen molar-refractivity contribution in [1.82, 2.24) is 10.2 Å². The first kappa shape index (κ1) is 25.0. The zero-order valence-corrected chi connectivity index (χ0v) is 21.7. The van der Waals surface area contributed by atoms with E-state index in [0.717, 1.165) is 22.6 Å². The van der Waals surface area contributed by atoms with E-state index in [2.05, 4.69) is 15.2 Å². The number of ether oxygens (including phenoxy) is 2. The normalized spacial score (nSPS) is 17.0. The van der Waals surface area contributed by atoms with E-state index in [-0.39, 0.29) is 4.90 Å². The Hall–Kier alpha value is -3.63. The van der Waals surface area contributed by atoms with Crippen LogP contribution in [-0.2, 0) is 20.3 Å². The predicted octanol–water partition coefficient (Wildman–Crippen LogP) is 5.26. The summed E-state index contributed by atoms with van der Waals surface area (Å²) in [4.78, 5) is 4.34. The SMILES string of the molecule is Cc1ccc(S(=O)(=O)C2N=COC2c2ccc(-c3nnc(CSCCOc4ccccc4)o3)cc2)cc1. The zero-order chi connectivity index (χ0) is 25.7. The number of nitrogens with zero attached hydrogens (tertiary/aromatic N) is 3. The van der Waals surface area contributed by atoms with E-state index in [0.29, 0.717) is 29.7 Å². The summed E-state index contributed by atoms with van der Waals surface area (Å²) in [5.74, 6) is 3.14. The first-order valence-corrected chi connectivity index (χ1v) is 14.4. The highest BCUT2D eigenvalue weighted by Crippen LogP contribution is 2.34. The minimum Gasteiger partial charge on any atom is -0.493 e. The third-order valence-electron chi connectivity index (χ3n) is 5.76. The Kier molecular flexibility index (Phi) is 7.57. The Morgan fingerprint density at radius 3 is 2.46 bits per heavy atom. The van der Waals surface area contributed by atoms with Gasteiger partial charge in [0.25, 0.3) is 0 Å². The van der Waals surface area contributed by atoms with Crippen LogP contribution in [0.25, 0.3) is 11.5 Å². The summed E-state index contributed by atoms with van der Waals surface area (Å²) in [6, 6.07) is 23.6. The lowest BCUT2D eigenvalue weighted by atomic mass is 10.1. The lowest BCUT2D eigenvalue weighted by Crippen LogP contribution is -2.24. The van der Waals surface area contributed by atoms with Crippen molar-refractivity contribution in [2.75, 3.05) is 12.4 Å². The molecule has 37 heavy (non-hydrogen) atoms. The molecule has 0 N–H and O–H groups in total. The Balaban J connectivity index is 1.18. The average Bonchev–Trinajstić information content (AvgIpc) is 3.60. The molecule has 1 aromatic heterocycles. The molecule has 0 bridgehead atoms. The number of rotatable bonds is 10. The van der Waals surface area contributed by atoms with Gasteiger partial charge in [0, 0.05) is 11.3 Å². The average molecular weight is 536 g/mol. The van der Waals surface area contributed by atoms with Crippen LogP contribution in [0.15, 0.2) is 93.2 Å². The molecule has 0 saturated heterocycles. The lowest BCUT2D eigenvalue weighted by Gasteiger charge is -2.18. The second-order valence-corrected chi connectivity index (χ2v) is 11.5. The standard InChI is InChI=1S/C27H25N3O5S2/c1-19-7-13-23(14-8-19)37(31,32)27-25(34-18-28-27)20-9-11-21(12-10-20)26-30-29-24(35-26)17-36-16-15-33-22-5-3-2-4-6-22/h2-14,18,25,27H,15-17H2,1H3. The highest BCUT2D eigenvalue weighted by Gasteiger charge is 2.39. The van der Waals surface area contributed by atoms with Crippen molar-refractivity contribution in [1.29, 1.82) is 0 Å². The molecule has 0 amide bonds. The van der Waals surface area contributed by atoms with Crippen LogP contribution in [0.5, 0.6) is 5.75 Å². The minimum absolute atomic E-state index is 0.218. The lowest BCUT2D eigenvalue weighted by molar-refractivity contribution is 0.227. The van der Waals surface area contributed by atoms with Gasteiger partial charge in [-0.2, -0.15) is 0 Å². The van der Waals surface area contributed by atoms with Crippen molar-refractivity contribution in [3.8, 4) is 17.2 Å². The molecule has 5 rings (SSSR count). The number of sulfone groups is 1. The van der Waals surface area contributed by atoms with Crippen LogP contribution in [0.1, 0.15) is 23.1 Å². The molecule has 2 unspecified atom stereocenters. The highest BCUT2D eigenvalue weighted by atomic mass is 32.2. The van der Waals surface area contributed by atoms with Crippen LogP contribution in [0, 0.1) is 6.92 Å². The van der Waals surface area contributed by atoms with Gasteiger partial charge in [-0.05, 0) is 48.9 Å². The van der Waals surface area contributed by atoms with Crippen molar-refractivity contribution in [2.45, 2.75) is 29.0 Å². The van der Waals surface area contributed by atoms with E-state index in [1.54, 1.807) is 48.2 Å². The molecule has 3 aromatic carbocycles. The van der Waals surface area contributed by atoms with Crippen molar-refractivity contribution < 1.29 is 22.3 Å². The summed E-state index contributed by atoms with van der Waals surface area (Å²) >= 11 is 1.65. The largest absolute Gasteiger partial charge is 0.493 e. The summed E-state index contributed by atoms with van der Waals surface area (Å²) in [6.07, 6.45) is 0.468. The molecular formula is C27H25N3O5S2. The van der Waals surface area contributed by atoms with Gasteiger partial charge in [-0.15, -0.1) is 22.0 Å². The van der Waals surface area contributed by atoms with Crippen LogP contribution in [0.4, 0.5) is 0 Å². The van der Waals surface area contributed by atoms with Gasteiger partial charge in [-0.1, -0.05) is 48.0 Å². The summed E-state index contributed by atoms with van der Waals surface area (Å²) in [6.45, 7) is 2.50. The summed E-state index contributed by atoms with van der Waals surface area (Å²) in [7, 11) is -3.72. The smallest absolute Gasteiger partial charge is 0.247 e. The molecule has 0 saturated carbocycles. The van der Waals surface area contributed by atoms with E-state index in [9.17, 15) is 8.42 Å². The molecule has 2 atom stereocenters. The Morgan fingerprint density at radius 2 is 1.70 bits per heavy atom. The quantitative estimate of drug-likeness (QED) is 0.254. The Labute approximate surface area is 219 Å². The van der Waals surface area contributed by atoms with E-state index < -0.39 is 21.3 Å². The number of aryl methyl sites for hydroxylation is 1. The van der Waals surface area contributed by atoms with Gasteiger partial charge in [0.1, 0.15) is 5.75 Å². The maximum atomic E-state index is 13.2. The highest BCUT2D eigenvalue weighted by molar-refractivity contribution is 7.98. The number of benzene rings is 3. The zero-order valence-electron chi connectivity index (χ0n) is 20.1. The molecule has 4 aromatic rings. The van der Waals surface area contributed by atoms with E-state index in [1.165, 1.54) is 6.40 Å². The second kappa shape index (κ2) is 11.2. The van der Waals surface area contributed by atoms with Crippen molar-refractivity contribution >= 4 is 28.0 Å². The number of aromatic nitrogens is 2. The molecule has 1 aliphatic rings. The number of para-hydroxylation sites is 1. The Morgan fingerprint density at radius 1 is 0.946 bits per heavy atom. The third kappa shape index (κ3) is 5.86. The first-order valence-electron chi connectivity index (χ1n) is 11.7. The fourth-order valence-corrected chi connectivity index (χ4v) is 5.99. The minimum atomic E-state index is -3.72. The second-order valence-electron chi connectivity index (χ2n) is 8.40. The number of hydrogen-bond acceptors (Lipinski definition) is 9. The van der Waals surface area contributed by atoms with Gasteiger partial charge in [-0.25, -0.2) is 13.4 Å². The maximum absolute atomic E-state index is 13.2. The van der Waals surface area contributed by atoms with Gasteiger partial charge in [0.15, 0.2) is 17.9 Å². The molecule has 0 spiro atoms. The summed E-state index contributed by atoms with van der Waals surface area (Å²) in [5, 5.41) is 7.22. The topological polar surface area (TPSA) is 104 Å². The maximum Gasteiger partial charge on any atom is 0.247 e. The first-order chi connectivity index (χ1) is 18.0. The van der Waals surface area contributed by atoms with Crippen LogP contribution >= 0.6 is 11.8 Å². The third-order valence-corrected chi connectivity index (χ3v) is 8.60. The van der Waals surface area contributed by atoms with E-state index in [4.69, 9.17) is 13.9 Å². The van der Waals surface area contributed by atoms with Gasteiger partial charge >= 0.3 is 0 Å². The molecule has 0 fully saturated rings. The van der Waals surface area contributed by atoms with Crippen molar-refractivity contribution in [3.63, 3.8) is 0 Å². The van der Waals surface area contributed by atoms with Gasteiger partial charge in [0.05, 0.1) is 17.3 Å². The molecule has 1 aliphatic heterocycles. The fourth-order valence-electron chi connectivity index (χ4n) is 3.80. The summed E-state index contributed by atoms with van der Waals surface area (Å²) < 4.78 is 43.4. The molecule has 8 nitrogen and oxygen atoms in total. The molecule has 10 heteroatoms. The molecule has 2 heterocycles. The van der Waals surface area contributed by atoms with Crippen LogP contribution in [-0.4, -0.2) is 42.7 Å². The number of thioether (sulfide) groups is 1. The van der Waals surface area contributed by atoms with Crippen LogP contribution in [0.2, 0.25) is 0 Å². The van der Waals surface area contributed by atoms with Crippen LogP contribution in [0.3, 0.4) is 0 Å². The van der Waals surface area contributed by atoms with Gasteiger partial charge < -0.3 is 13.9 Å². The molecule has 0 aliphatic carbocycles.